The quantitative estimate of drug-likeness (QED) is 0.589. The van der Waals surface area contributed by atoms with Crippen LogP contribution in [-0.4, -0.2) is 77.5 Å². The molecule has 1 aliphatic rings. The fourth-order valence-electron chi connectivity index (χ4n) is 3.84. The van der Waals surface area contributed by atoms with Gasteiger partial charge in [-0.2, -0.15) is 4.31 Å². The van der Waals surface area contributed by atoms with E-state index in [9.17, 15) is 18.3 Å². The van der Waals surface area contributed by atoms with Gasteiger partial charge in [-0.3, -0.25) is 9.78 Å². The number of amides is 1. The molecule has 194 valence electrons. The van der Waals surface area contributed by atoms with Crippen LogP contribution in [0, 0.1) is 23.7 Å². The molecule has 0 radical (unpaired) electrons. The molecule has 3 rings (SSSR count). The van der Waals surface area contributed by atoms with Gasteiger partial charge in [0.15, 0.2) is 0 Å². The van der Waals surface area contributed by atoms with Crippen molar-refractivity contribution in [3.05, 3.63) is 48.0 Å². The molecule has 0 bridgehead atoms. The van der Waals surface area contributed by atoms with Gasteiger partial charge in [0.05, 0.1) is 19.3 Å². The van der Waals surface area contributed by atoms with E-state index in [1.165, 1.54) is 33.9 Å². The number of likely N-dealkylation sites (N-methyl/N-ethyl adjacent to an activating group) is 1. The molecule has 1 aromatic heterocycles. The lowest BCUT2D eigenvalue weighted by atomic mass is 10.0. The molecule has 0 fully saturated rings. The normalized spacial score (nSPS) is 20.2. The van der Waals surface area contributed by atoms with Gasteiger partial charge in [0.2, 0.25) is 10.0 Å². The first-order valence-electron chi connectivity index (χ1n) is 12.0. The maximum atomic E-state index is 13.6. The van der Waals surface area contributed by atoms with E-state index in [0.29, 0.717) is 17.9 Å². The number of ether oxygens (including phenoxy) is 1. The van der Waals surface area contributed by atoms with Crippen LogP contribution in [0.3, 0.4) is 0 Å². The van der Waals surface area contributed by atoms with Gasteiger partial charge in [-0.05, 0) is 31.0 Å². The highest BCUT2D eigenvalue weighted by atomic mass is 32.2. The minimum absolute atomic E-state index is 0.0111. The number of benzene rings is 1. The number of hydrogen-bond acceptors (Lipinski definition) is 7. The SMILES string of the molecule is CC(C)CC#Cc1ccc2c(c1)O[C@H](CN(C)C(=O)c1cnccn1)[C@@H](C)CN([C@H](C)CO)S2(=O)=O. The number of carbonyl (C=O) groups is 1. The Kier molecular flexibility index (Phi) is 9.06. The topological polar surface area (TPSA) is 113 Å². The van der Waals surface area contributed by atoms with Gasteiger partial charge in [0.25, 0.3) is 5.91 Å². The first-order valence-corrected chi connectivity index (χ1v) is 13.4. The molecule has 1 amide bonds. The first-order chi connectivity index (χ1) is 17.0. The summed E-state index contributed by atoms with van der Waals surface area (Å²) in [6.07, 6.45) is 4.53. The monoisotopic (exact) mass is 514 g/mol. The smallest absolute Gasteiger partial charge is 0.273 e. The highest BCUT2D eigenvalue weighted by molar-refractivity contribution is 7.89. The number of aromatic nitrogens is 2. The largest absolute Gasteiger partial charge is 0.487 e. The number of rotatable bonds is 6. The fraction of sp³-hybridized carbons (Fsp3) is 0.500. The van der Waals surface area contributed by atoms with Crippen molar-refractivity contribution in [3.8, 4) is 17.6 Å². The molecule has 0 spiro atoms. The average Bonchev–Trinajstić information content (AvgIpc) is 2.85. The van der Waals surface area contributed by atoms with E-state index in [1.54, 1.807) is 26.1 Å². The maximum absolute atomic E-state index is 13.6. The van der Waals surface area contributed by atoms with Crippen LogP contribution in [0.2, 0.25) is 0 Å². The number of nitrogens with zero attached hydrogens (tertiary/aromatic N) is 4. The van der Waals surface area contributed by atoms with Crippen molar-refractivity contribution < 1.29 is 23.1 Å². The summed E-state index contributed by atoms with van der Waals surface area (Å²) >= 11 is 0. The molecule has 9 nitrogen and oxygen atoms in total. The standard InChI is InChI=1S/C26H34N4O5S/c1-18(2)7-6-8-21-9-10-25-23(13-21)35-24(16-29(5)26(32)22-14-27-11-12-28-22)19(3)15-30(20(4)17-31)36(25,33)34/h9-14,18-20,24,31H,7,15-17H2,1-5H3/t19-,20+,24+/m0/s1. The second-order valence-corrected chi connectivity index (χ2v) is 11.4. The van der Waals surface area contributed by atoms with E-state index in [-0.39, 0.29) is 47.9 Å². The minimum Gasteiger partial charge on any atom is -0.487 e. The lowest BCUT2D eigenvalue weighted by molar-refractivity contribution is 0.0559. The van der Waals surface area contributed by atoms with Crippen molar-refractivity contribution in [2.24, 2.45) is 11.8 Å². The lowest BCUT2D eigenvalue weighted by Gasteiger charge is -2.37. The van der Waals surface area contributed by atoms with Gasteiger partial charge in [0, 0.05) is 49.9 Å². The van der Waals surface area contributed by atoms with Gasteiger partial charge in [0.1, 0.15) is 22.4 Å². The van der Waals surface area contributed by atoms with E-state index in [0.717, 1.165) is 0 Å². The highest BCUT2D eigenvalue weighted by Gasteiger charge is 2.38. The van der Waals surface area contributed by atoms with E-state index < -0.39 is 22.2 Å². The highest BCUT2D eigenvalue weighted by Crippen LogP contribution is 2.34. The first kappa shape index (κ1) is 27.6. The molecule has 1 N–H and O–H groups in total. The van der Waals surface area contributed by atoms with Crippen molar-refractivity contribution in [1.82, 2.24) is 19.2 Å². The molecular weight excluding hydrogens is 480 g/mol. The molecular formula is C26H34N4O5S. The van der Waals surface area contributed by atoms with Crippen molar-refractivity contribution in [1.29, 1.82) is 0 Å². The fourth-order valence-corrected chi connectivity index (χ4v) is 5.66. The second kappa shape index (κ2) is 11.8. The summed E-state index contributed by atoms with van der Waals surface area (Å²) < 4.78 is 34.8. The molecule has 0 saturated carbocycles. The molecule has 1 aliphatic heterocycles. The zero-order valence-electron chi connectivity index (χ0n) is 21.4. The molecule has 0 unspecified atom stereocenters. The third kappa shape index (κ3) is 6.40. The molecule has 3 atom stereocenters. The number of fused-ring (bicyclic) bond motifs is 1. The number of aliphatic hydroxyl groups is 1. The summed E-state index contributed by atoms with van der Waals surface area (Å²) in [5.74, 6) is 6.18. The van der Waals surface area contributed by atoms with Crippen LogP contribution < -0.4 is 4.74 Å². The Labute approximate surface area is 213 Å². The average molecular weight is 515 g/mol. The Morgan fingerprint density at radius 3 is 2.69 bits per heavy atom. The lowest BCUT2D eigenvalue weighted by Crippen LogP contribution is -2.50. The summed E-state index contributed by atoms with van der Waals surface area (Å²) in [6, 6.07) is 4.17. The van der Waals surface area contributed by atoms with Crippen molar-refractivity contribution in [2.45, 2.75) is 51.2 Å². The molecule has 2 aromatic rings. The Hall–Kier alpha value is -3.00. The third-order valence-corrected chi connectivity index (χ3v) is 8.01. The van der Waals surface area contributed by atoms with Crippen molar-refractivity contribution in [3.63, 3.8) is 0 Å². The van der Waals surface area contributed by atoms with Crippen LogP contribution in [-0.2, 0) is 10.0 Å². The van der Waals surface area contributed by atoms with Crippen LogP contribution in [0.5, 0.6) is 5.75 Å². The van der Waals surface area contributed by atoms with E-state index in [1.807, 2.05) is 6.92 Å². The Morgan fingerprint density at radius 1 is 1.31 bits per heavy atom. The zero-order chi connectivity index (χ0) is 26.5. The molecule has 0 aliphatic carbocycles. The number of sulfonamides is 1. The summed E-state index contributed by atoms with van der Waals surface area (Å²) in [6.45, 7) is 7.68. The molecule has 1 aromatic carbocycles. The van der Waals surface area contributed by atoms with Crippen molar-refractivity contribution in [2.75, 3.05) is 26.7 Å². The zero-order valence-corrected chi connectivity index (χ0v) is 22.2. The van der Waals surface area contributed by atoms with E-state index >= 15 is 0 Å². The number of hydrogen-bond donors (Lipinski definition) is 1. The summed E-state index contributed by atoms with van der Waals surface area (Å²) in [5.41, 5.74) is 0.849. The number of carbonyl (C=O) groups excluding carboxylic acids is 1. The van der Waals surface area contributed by atoms with E-state index in [2.05, 4.69) is 35.7 Å². The Bertz CT molecular complexity index is 1220. The van der Waals surface area contributed by atoms with Crippen LogP contribution in [0.15, 0.2) is 41.7 Å². The van der Waals surface area contributed by atoms with Crippen LogP contribution in [0.25, 0.3) is 0 Å². The van der Waals surface area contributed by atoms with Gasteiger partial charge >= 0.3 is 0 Å². The van der Waals surface area contributed by atoms with Crippen molar-refractivity contribution >= 4 is 15.9 Å². The van der Waals surface area contributed by atoms with Gasteiger partial charge in [-0.15, -0.1) is 0 Å². The van der Waals surface area contributed by atoms with Crippen LogP contribution in [0.1, 0.15) is 50.2 Å². The molecule has 10 heteroatoms. The van der Waals surface area contributed by atoms with Gasteiger partial charge in [-0.1, -0.05) is 32.6 Å². The number of aliphatic hydroxyl groups excluding tert-OH is 1. The molecule has 36 heavy (non-hydrogen) atoms. The van der Waals surface area contributed by atoms with Crippen LogP contribution >= 0.6 is 0 Å². The summed E-state index contributed by atoms with van der Waals surface area (Å²) in [5, 5.41) is 9.79. The molecule has 2 heterocycles. The second-order valence-electron chi connectivity index (χ2n) is 9.58. The van der Waals surface area contributed by atoms with Gasteiger partial charge in [-0.25, -0.2) is 13.4 Å². The van der Waals surface area contributed by atoms with E-state index in [4.69, 9.17) is 4.74 Å². The third-order valence-electron chi connectivity index (χ3n) is 5.99. The predicted octanol–water partition coefficient (Wildman–Crippen LogP) is 2.42. The van der Waals surface area contributed by atoms with Gasteiger partial charge < -0.3 is 14.7 Å². The Balaban J connectivity index is 2.00. The molecule has 0 saturated heterocycles. The maximum Gasteiger partial charge on any atom is 0.273 e. The minimum atomic E-state index is -3.95. The summed E-state index contributed by atoms with van der Waals surface area (Å²) in [7, 11) is -2.30. The predicted molar refractivity (Wildman–Crippen MR) is 136 cm³/mol. The summed E-state index contributed by atoms with van der Waals surface area (Å²) in [4.78, 5) is 22.4. The Morgan fingerprint density at radius 2 is 2.06 bits per heavy atom. The van der Waals surface area contributed by atoms with Crippen LogP contribution in [0.4, 0.5) is 0 Å².